The molecule has 180 valence electrons. The normalized spacial score (nSPS) is 15.5. The molecule has 1 atom stereocenters. The first-order valence-corrected chi connectivity index (χ1v) is 12.6. The minimum absolute atomic E-state index is 0.142. The predicted octanol–water partition coefficient (Wildman–Crippen LogP) is 5.09. The number of nitrogens with zero attached hydrogens (tertiary/aromatic N) is 5. The Morgan fingerprint density at radius 1 is 1.03 bits per heavy atom. The molecule has 2 aromatic carbocycles. The zero-order valence-electron chi connectivity index (χ0n) is 19.9. The van der Waals surface area contributed by atoms with Gasteiger partial charge in [0, 0.05) is 47.1 Å². The van der Waals surface area contributed by atoms with Crippen LogP contribution in [0, 0.1) is 6.92 Å². The Balaban J connectivity index is 1.39. The fourth-order valence-corrected chi connectivity index (χ4v) is 5.35. The highest BCUT2D eigenvalue weighted by molar-refractivity contribution is 9.10. The monoisotopic (exact) mass is 541 g/mol. The number of rotatable bonds is 4. The third kappa shape index (κ3) is 3.69. The van der Waals surface area contributed by atoms with E-state index in [-0.39, 0.29) is 17.5 Å². The second-order valence-corrected chi connectivity index (χ2v) is 10.2. The van der Waals surface area contributed by atoms with Gasteiger partial charge in [0.15, 0.2) is 0 Å². The van der Waals surface area contributed by atoms with Crippen LogP contribution in [0.4, 0.5) is 0 Å². The van der Waals surface area contributed by atoms with Gasteiger partial charge in [-0.3, -0.25) is 9.59 Å². The van der Waals surface area contributed by atoms with Gasteiger partial charge in [-0.2, -0.15) is 0 Å². The minimum atomic E-state index is -0.185. The summed E-state index contributed by atoms with van der Waals surface area (Å²) in [5, 5.41) is 1.09. The van der Waals surface area contributed by atoms with E-state index in [4.69, 9.17) is 0 Å². The Morgan fingerprint density at radius 2 is 1.83 bits per heavy atom. The summed E-state index contributed by atoms with van der Waals surface area (Å²) in [5.74, 6) is -0.142. The highest BCUT2D eigenvalue weighted by atomic mass is 79.9. The van der Waals surface area contributed by atoms with Crippen molar-refractivity contribution in [2.24, 2.45) is 0 Å². The molecule has 3 aromatic heterocycles. The fraction of sp³-hybridized carbons (Fsp3) is 0.179. The number of hydrogen-bond acceptors (Lipinski definition) is 3. The van der Waals surface area contributed by atoms with E-state index in [0.717, 1.165) is 32.3 Å². The van der Waals surface area contributed by atoms with Crippen LogP contribution in [0.2, 0.25) is 0 Å². The molecule has 1 aliphatic heterocycles. The molecule has 5 aromatic rings. The zero-order valence-corrected chi connectivity index (χ0v) is 21.5. The number of para-hydroxylation sites is 1. The third-order valence-corrected chi connectivity index (χ3v) is 7.32. The van der Waals surface area contributed by atoms with Gasteiger partial charge in [0.25, 0.3) is 11.5 Å². The van der Waals surface area contributed by atoms with E-state index < -0.39 is 0 Å². The Morgan fingerprint density at radius 3 is 2.58 bits per heavy atom. The van der Waals surface area contributed by atoms with Crippen LogP contribution in [-0.4, -0.2) is 35.5 Å². The number of aryl methyl sites for hydroxylation is 1. The standard InChI is InChI=1S/C28H24BrN5O2/c1-18-13-31(17-30-18)24-10-11-25-28(36)32(19(2)14-34(25)27(24)35)15-20-16-33(22-6-4-3-5-7-22)26-12-21(29)8-9-23(20)26/h3-13,16-17,19H,14-15H2,1-2H3. The largest absolute Gasteiger partial charge is 0.328 e. The van der Waals surface area contributed by atoms with E-state index in [2.05, 4.69) is 55.9 Å². The first kappa shape index (κ1) is 22.5. The molecule has 0 aliphatic carbocycles. The second-order valence-electron chi connectivity index (χ2n) is 9.25. The Hall–Kier alpha value is -3.91. The number of carbonyl (C=O) groups excluding carboxylic acids is 1. The molecule has 0 radical (unpaired) electrons. The first-order chi connectivity index (χ1) is 17.4. The minimum Gasteiger partial charge on any atom is -0.328 e. The van der Waals surface area contributed by atoms with Crippen molar-refractivity contribution in [3.63, 3.8) is 0 Å². The molecular formula is C28H24BrN5O2. The van der Waals surface area contributed by atoms with Gasteiger partial charge in [-0.1, -0.05) is 40.2 Å². The number of imidazole rings is 1. The number of hydrogen-bond donors (Lipinski definition) is 0. The molecule has 0 bridgehead atoms. The van der Waals surface area contributed by atoms with E-state index in [1.165, 1.54) is 0 Å². The lowest BCUT2D eigenvalue weighted by Gasteiger charge is -2.35. The van der Waals surface area contributed by atoms with Gasteiger partial charge in [0.2, 0.25) is 0 Å². The maximum absolute atomic E-state index is 13.6. The number of pyridine rings is 1. The second kappa shape index (κ2) is 8.64. The van der Waals surface area contributed by atoms with Crippen molar-refractivity contribution in [2.75, 3.05) is 0 Å². The van der Waals surface area contributed by atoms with E-state index in [9.17, 15) is 9.59 Å². The number of carbonyl (C=O) groups is 1. The highest BCUT2D eigenvalue weighted by Gasteiger charge is 2.32. The van der Waals surface area contributed by atoms with Crippen molar-refractivity contribution >= 4 is 32.7 Å². The lowest BCUT2D eigenvalue weighted by atomic mass is 10.1. The van der Waals surface area contributed by atoms with Gasteiger partial charge >= 0.3 is 0 Å². The van der Waals surface area contributed by atoms with Crippen molar-refractivity contribution in [3.05, 3.63) is 111 Å². The maximum Gasteiger partial charge on any atom is 0.275 e. The molecule has 8 heteroatoms. The zero-order chi connectivity index (χ0) is 25.0. The van der Waals surface area contributed by atoms with E-state index >= 15 is 0 Å². The van der Waals surface area contributed by atoms with Gasteiger partial charge in [-0.05, 0) is 55.8 Å². The molecule has 1 unspecified atom stereocenters. The molecule has 0 saturated carbocycles. The molecule has 1 amide bonds. The molecule has 0 spiro atoms. The van der Waals surface area contributed by atoms with Crippen LogP contribution < -0.4 is 5.56 Å². The average molecular weight is 542 g/mol. The van der Waals surface area contributed by atoms with Crippen LogP contribution in [0.15, 0.2) is 88.7 Å². The molecule has 6 rings (SSSR count). The Labute approximate surface area is 216 Å². The highest BCUT2D eigenvalue weighted by Crippen LogP contribution is 2.30. The van der Waals surface area contributed by atoms with Crippen LogP contribution in [0.1, 0.15) is 28.7 Å². The summed E-state index contributed by atoms with van der Waals surface area (Å²) in [6.45, 7) is 4.76. The van der Waals surface area contributed by atoms with Crippen LogP contribution in [0.3, 0.4) is 0 Å². The number of fused-ring (bicyclic) bond motifs is 2. The Kier molecular flexibility index (Phi) is 5.41. The molecule has 0 N–H and O–H groups in total. The number of benzene rings is 2. The number of amides is 1. The van der Waals surface area contributed by atoms with Crippen LogP contribution in [-0.2, 0) is 13.1 Å². The summed E-state index contributed by atoms with van der Waals surface area (Å²) in [4.78, 5) is 33.0. The van der Waals surface area contributed by atoms with Crippen molar-refractivity contribution in [2.45, 2.75) is 33.0 Å². The van der Waals surface area contributed by atoms with Crippen LogP contribution in [0.25, 0.3) is 22.3 Å². The number of aromatic nitrogens is 4. The van der Waals surface area contributed by atoms with Crippen LogP contribution in [0.5, 0.6) is 0 Å². The van der Waals surface area contributed by atoms with Crippen molar-refractivity contribution < 1.29 is 4.79 Å². The summed E-state index contributed by atoms with van der Waals surface area (Å²) in [6.07, 6.45) is 5.55. The fourth-order valence-electron chi connectivity index (χ4n) is 5.00. The molecule has 0 fully saturated rings. The van der Waals surface area contributed by atoms with Crippen molar-refractivity contribution in [1.29, 1.82) is 0 Å². The summed E-state index contributed by atoms with van der Waals surface area (Å²) in [7, 11) is 0. The predicted molar refractivity (Wildman–Crippen MR) is 143 cm³/mol. The van der Waals surface area contributed by atoms with Gasteiger partial charge in [0.05, 0.1) is 17.5 Å². The van der Waals surface area contributed by atoms with E-state index in [1.54, 1.807) is 27.6 Å². The van der Waals surface area contributed by atoms with Crippen molar-refractivity contribution in [3.8, 4) is 11.4 Å². The molecule has 4 heterocycles. The van der Waals surface area contributed by atoms with Gasteiger partial charge < -0.3 is 18.6 Å². The molecule has 36 heavy (non-hydrogen) atoms. The van der Waals surface area contributed by atoms with Crippen molar-refractivity contribution in [1.82, 2.24) is 23.6 Å². The lowest BCUT2D eigenvalue weighted by Crippen LogP contribution is -2.49. The summed E-state index contributed by atoms with van der Waals surface area (Å²) in [6, 6.07) is 19.7. The third-order valence-electron chi connectivity index (χ3n) is 6.83. The SMILES string of the molecule is Cc1cn(-c2ccc3n(c2=O)CC(C)N(Cc2cn(-c4ccccc4)c4cc(Br)ccc24)C3=O)cn1. The average Bonchev–Trinajstić information content (AvgIpc) is 3.46. The topological polar surface area (TPSA) is 65.1 Å². The quantitative estimate of drug-likeness (QED) is 0.318. The van der Waals surface area contributed by atoms with E-state index in [0.29, 0.717) is 24.5 Å². The van der Waals surface area contributed by atoms with Gasteiger partial charge in [-0.25, -0.2) is 4.98 Å². The molecule has 0 saturated heterocycles. The summed E-state index contributed by atoms with van der Waals surface area (Å²) < 4.78 is 6.46. The lowest BCUT2D eigenvalue weighted by molar-refractivity contribution is 0.0591. The maximum atomic E-state index is 13.6. The summed E-state index contributed by atoms with van der Waals surface area (Å²) >= 11 is 3.60. The molecule has 1 aliphatic rings. The van der Waals surface area contributed by atoms with E-state index in [1.807, 2.05) is 49.2 Å². The first-order valence-electron chi connectivity index (χ1n) is 11.8. The Bertz CT molecular complexity index is 1680. The summed E-state index contributed by atoms with van der Waals surface area (Å²) in [5.41, 5.74) is 4.73. The van der Waals surface area contributed by atoms with Crippen LogP contribution >= 0.6 is 15.9 Å². The number of halogens is 1. The smallest absolute Gasteiger partial charge is 0.275 e. The van der Waals surface area contributed by atoms with Gasteiger partial charge in [0.1, 0.15) is 11.4 Å². The molecular weight excluding hydrogens is 518 g/mol. The van der Waals surface area contributed by atoms with Gasteiger partial charge in [-0.15, -0.1) is 0 Å². The molecule has 7 nitrogen and oxygen atoms in total.